The van der Waals surface area contributed by atoms with Gasteiger partial charge >= 0.3 is 0 Å². The molecule has 4 heteroatoms. The van der Waals surface area contributed by atoms with Crippen molar-refractivity contribution in [2.24, 2.45) is 0 Å². The second kappa shape index (κ2) is 5.46. The monoisotopic (exact) mass is 244 g/mol. The maximum Gasteiger partial charge on any atom is 0.231 e. The van der Waals surface area contributed by atoms with Crippen LogP contribution < -0.4 is 4.74 Å². The number of hydrogen-bond acceptors (Lipinski definition) is 4. The molecule has 0 aliphatic rings. The summed E-state index contributed by atoms with van der Waals surface area (Å²) in [5.41, 5.74) is 1.34. The van der Waals surface area contributed by atoms with Crippen LogP contribution >= 0.6 is 11.3 Å². The SMILES string of the molecule is Cc1ccc(C#N)c(OCCc2cccs2)n1. The molecule has 0 saturated heterocycles. The van der Waals surface area contributed by atoms with Crippen molar-refractivity contribution >= 4 is 11.3 Å². The van der Waals surface area contributed by atoms with Gasteiger partial charge in [-0.3, -0.25) is 0 Å². The third kappa shape index (κ3) is 3.05. The zero-order valence-corrected chi connectivity index (χ0v) is 10.3. The van der Waals surface area contributed by atoms with Crippen LogP contribution in [0.1, 0.15) is 16.1 Å². The Morgan fingerprint density at radius 1 is 1.41 bits per heavy atom. The fourth-order valence-corrected chi connectivity index (χ4v) is 2.12. The molecule has 0 atom stereocenters. The first-order valence-corrected chi connectivity index (χ1v) is 6.20. The minimum atomic E-state index is 0.434. The predicted molar refractivity (Wildman–Crippen MR) is 67.2 cm³/mol. The molecule has 0 bridgehead atoms. The molecule has 0 aliphatic heterocycles. The lowest BCUT2D eigenvalue weighted by Crippen LogP contribution is -2.03. The molecule has 3 nitrogen and oxygen atoms in total. The van der Waals surface area contributed by atoms with Gasteiger partial charge in [-0.2, -0.15) is 5.26 Å². The first kappa shape index (κ1) is 11.6. The number of aromatic nitrogens is 1. The molecule has 2 heterocycles. The van der Waals surface area contributed by atoms with Gasteiger partial charge in [0.15, 0.2) is 0 Å². The first-order chi connectivity index (χ1) is 8.29. The van der Waals surface area contributed by atoms with E-state index in [1.807, 2.05) is 24.4 Å². The molecule has 2 aromatic rings. The van der Waals surface area contributed by atoms with E-state index in [2.05, 4.69) is 17.1 Å². The van der Waals surface area contributed by atoms with Gasteiger partial charge < -0.3 is 4.74 Å². The smallest absolute Gasteiger partial charge is 0.231 e. The van der Waals surface area contributed by atoms with E-state index in [9.17, 15) is 0 Å². The Labute approximate surface area is 104 Å². The van der Waals surface area contributed by atoms with Crippen LogP contribution in [0.5, 0.6) is 5.88 Å². The largest absolute Gasteiger partial charge is 0.476 e. The molecule has 0 N–H and O–H groups in total. The van der Waals surface area contributed by atoms with Crippen molar-refractivity contribution in [3.05, 3.63) is 45.8 Å². The summed E-state index contributed by atoms with van der Waals surface area (Å²) in [5.74, 6) is 0.434. The quantitative estimate of drug-likeness (QED) is 0.830. The molecule has 2 aromatic heterocycles. The third-order valence-corrected chi connectivity index (χ3v) is 3.22. The van der Waals surface area contributed by atoms with E-state index in [4.69, 9.17) is 10.00 Å². The lowest BCUT2D eigenvalue weighted by atomic mass is 10.2. The van der Waals surface area contributed by atoms with E-state index in [0.717, 1.165) is 12.1 Å². The Kier molecular flexibility index (Phi) is 3.73. The molecule has 0 amide bonds. The van der Waals surface area contributed by atoms with Crippen molar-refractivity contribution in [3.63, 3.8) is 0 Å². The minimum absolute atomic E-state index is 0.434. The maximum absolute atomic E-state index is 8.92. The van der Waals surface area contributed by atoms with Gasteiger partial charge in [-0.25, -0.2) is 4.98 Å². The second-order valence-corrected chi connectivity index (χ2v) is 4.63. The summed E-state index contributed by atoms with van der Waals surface area (Å²) >= 11 is 1.71. The van der Waals surface area contributed by atoms with E-state index >= 15 is 0 Å². The average molecular weight is 244 g/mol. The zero-order chi connectivity index (χ0) is 12.1. The Hall–Kier alpha value is -1.86. The molecule has 86 valence electrons. The standard InChI is InChI=1S/C13H12N2OS/c1-10-4-5-11(9-14)13(15-10)16-7-6-12-3-2-8-17-12/h2-5,8H,6-7H2,1H3. The molecular weight excluding hydrogens is 232 g/mol. The summed E-state index contributed by atoms with van der Waals surface area (Å²) < 4.78 is 5.56. The van der Waals surface area contributed by atoms with E-state index in [-0.39, 0.29) is 0 Å². The van der Waals surface area contributed by atoms with Crippen molar-refractivity contribution in [2.75, 3.05) is 6.61 Å². The lowest BCUT2D eigenvalue weighted by Gasteiger charge is -2.06. The van der Waals surface area contributed by atoms with Gasteiger partial charge in [-0.1, -0.05) is 6.07 Å². The number of pyridine rings is 1. The van der Waals surface area contributed by atoms with Crippen LogP contribution in [0.3, 0.4) is 0 Å². The summed E-state index contributed by atoms with van der Waals surface area (Å²) in [5, 5.41) is 11.0. The van der Waals surface area contributed by atoms with Crippen LogP contribution in [0.4, 0.5) is 0 Å². The zero-order valence-electron chi connectivity index (χ0n) is 9.51. The summed E-state index contributed by atoms with van der Waals surface area (Å²) in [6, 6.07) is 9.72. The van der Waals surface area contributed by atoms with Gasteiger partial charge in [-0.05, 0) is 30.5 Å². The van der Waals surface area contributed by atoms with Crippen LogP contribution in [-0.2, 0) is 6.42 Å². The summed E-state index contributed by atoms with van der Waals surface area (Å²) in [7, 11) is 0. The normalized spacial score (nSPS) is 9.88. The van der Waals surface area contributed by atoms with E-state index in [0.29, 0.717) is 18.1 Å². The number of aryl methyl sites for hydroxylation is 1. The van der Waals surface area contributed by atoms with Crippen LogP contribution in [0.15, 0.2) is 29.6 Å². The van der Waals surface area contributed by atoms with Crippen LogP contribution in [0, 0.1) is 18.3 Å². The average Bonchev–Trinajstić information content (AvgIpc) is 2.82. The Morgan fingerprint density at radius 3 is 3.00 bits per heavy atom. The maximum atomic E-state index is 8.92. The highest BCUT2D eigenvalue weighted by Gasteiger charge is 2.05. The molecule has 2 rings (SSSR count). The predicted octanol–water partition coefficient (Wildman–Crippen LogP) is 2.94. The van der Waals surface area contributed by atoms with Gasteiger partial charge in [0.1, 0.15) is 11.6 Å². The topological polar surface area (TPSA) is 45.9 Å². The molecule has 0 fully saturated rings. The van der Waals surface area contributed by atoms with Crippen molar-refractivity contribution in [1.82, 2.24) is 4.98 Å². The number of thiophene rings is 1. The van der Waals surface area contributed by atoms with Gasteiger partial charge in [0, 0.05) is 17.0 Å². The summed E-state index contributed by atoms with van der Waals surface area (Å²) in [4.78, 5) is 5.50. The van der Waals surface area contributed by atoms with Crippen LogP contribution in [0.2, 0.25) is 0 Å². The number of ether oxygens (including phenoxy) is 1. The number of nitrogens with zero attached hydrogens (tertiary/aromatic N) is 2. The molecule has 0 radical (unpaired) electrons. The molecule has 0 spiro atoms. The number of nitriles is 1. The van der Waals surface area contributed by atoms with Crippen molar-refractivity contribution in [3.8, 4) is 11.9 Å². The van der Waals surface area contributed by atoms with Gasteiger partial charge in [0.25, 0.3) is 0 Å². The fourth-order valence-electron chi connectivity index (χ4n) is 1.43. The molecule has 0 saturated carbocycles. The Bertz CT molecular complexity index is 529. The molecule has 0 aromatic carbocycles. The third-order valence-electron chi connectivity index (χ3n) is 2.29. The number of rotatable bonds is 4. The number of hydrogen-bond donors (Lipinski definition) is 0. The molecular formula is C13H12N2OS. The van der Waals surface area contributed by atoms with E-state index in [1.54, 1.807) is 17.4 Å². The highest BCUT2D eigenvalue weighted by Crippen LogP contribution is 2.16. The van der Waals surface area contributed by atoms with Crippen LogP contribution in [0.25, 0.3) is 0 Å². The van der Waals surface area contributed by atoms with Crippen molar-refractivity contribution in [1.29, 1.82) is 5.26 Å². The Balaban J connectivity index is 1.99. The minimum Gasteiger partial charge on any atom is -0.476 e. The van der Waals surface area contributed by atoms with Gasteiger partial charge in [0.2, 0.25) is 5.88 Å². The lowest BCUT2D eigenvalue weighted by molar-refractivity contribution is 0.309. The van der Waals surface area contributed by atoms with Crippen LogP contribution in [-0.4, -0.2) is 11.6 Å². The Morgan fingerprint density at radius 2 is 2.29 bits per heavy atom. The van der Waals surface area contributed by atoms with E-state index < -0.39 is 0 Å². The first-order valence-electron chi connectivity index (χ1n) is 5.32. The summed E-state index contributed by atoms with van der Waals surface area (Å²) in [6.07, 6.45) is 0.845. The van der Waals surface area contributed by atoms with Gasteiger partial charge in [0.05, 0.1) is 6.61 Å². The van der Waals surface area contributed by atoms with Crippen molar-refractivity contribution < 1.29 is 4.74 Å². The second-order valence-electron chi connectivity index (χ2n) is 3.59. The van der Waals surface area contributed by atoms with Gasteiger partial charge in [-0.15, -0.1) is 11.3 Å². The highest BCUT2D eigenvalue weighted by molar-refractivity contribution is 7.09. The molecule has 0 aliphatic carbocycles. The highest BCUT2D eigenvalue weighted by atomic mass is 32.1. The fraction of sp³-hybridized carbons (Fsp3) is 0.231. The van der Waals surface area contributed by atoms with E-state index in [1.165, 1.54) is 4.88 Å². The molecule has 17 heavy (non-hydrogen) atoms. The summed E-state index contributed by atoms with van der Waals surface area (Å²) in [6.45, 7) is 2.43. The molecule has 0 unspecified atom stereocenters. The van der Waals surface area contributed by atoms with Crippen molar-refractivity contribution in [2.45, 2.75) is 13.3 Å².